The predicted molar refractivity (Wildman–Crippen MR) is 80.9 cm³/mol. The summed E-state index contributed by atoms with van der Waals surface area (Å²) < 4.78 is 10.8. The smallest absolute Gasteiger partial charge is 0.129 e. The molecule has 0 bridgehead atoms. The molecule has 2 aromatic rings. The van der Waals surface area contributed by atoms with E-state index in [1.165, 1.54) is 10.5 Å². The first kappa shape index (κ1) is 13.7. The molecule has 0 fully saturated rings. The number of fused-ring (bicyclic) bond motifs is 1. The molecule has 0 aliphatic carbocycles. The number of thioether (sulfide) groups is 1. The molecule has 1 unspecified atom stereocenters. The molecule has 0 saturated heterocycles. The molecule has 3 rings (SSSR count). The van der Waals surface area contributed by atoms with Crippen LogP contribution in [-0.2, 0) is 11.3 Å². The molecule has 106 valence electrons. The Labute approximate surface area is 123 Å². The molecule has 0 spiro atoms. The van der Waals surface area contributed by atoms with Crippen molar-refractivity contribution in [2.24, 2.45) is 0 Å². The van der Waals surface area contributed by atoms with Crippen molar-refractivity contribution in [1.29, 1.82) is 0 Å². The molecule has 1 aromatic heterocycles. The molecule has 1 aromatic carbocycles. The fraction of sp³-hybridized carbons (Fsp3) is 0.375. The minimum absolute atomic E-state index is 0.487. The maximum absolute atomic E-state index is 5.57. The lowest BCUT2D eigenvalue weighted by Crippen LogP contribution is -2.23. The predicted octanol–water partition coefficient (Wildman–Crippen LogP) is 3.62. The van der Waals surface area contributed by atoms with Gasteiger partial charge < -0.3 is 14.5 Å². The molecule has 1 aliphatic heterocycles. The first-order valence-corrected chi connectivity index (χ1v) is 7.97. The van der Waals surface area contributed by atoms with E-state index in [0.717, 1.165) is 31.1 Å². The van der Waals surface area contributed by atoms with Crippen LogP contribution in [0.15, 0.2) is 52.0 Å². The summed E-state index contributed by atoms with van der Waals surface area (Å²) in [7, 11) is 0. The van der Waals surface area contributed by atoms with E-state index in [0.29, 0.717) is 12.6 Å². The SMILES string of the molecule is c1coc(COCCCNC2CSc3ccccc32)c1. The lowest BCUT2D eigenvalue weighted by Gasteiger charge is -2.13. The number of hydrogen-bond donors (Lipinski definition) is 1. The van der Waals surface area contributed by atoms with E-state index in [1.54, 1.807) is 6.26 Å². The number of furan rings is 1. The van der Waals surface area contributed by atoms with Crippen LogP contribution in [0.3, 0.4) is 0 Å². The molecule has 0 radical (unpaired) electrons. The Morgan fingerprint density at radius 2 is 2.20 bits per heavy atom. The first-order chi connectivity index (χ1) is 9.93. The Hall–Kier alpha value is -1.23. The number of ether oxygens (including phenoxy) is 1. The van der Waals surface area contributed by atoms with Gasteiger partial charge in [0, 0.05) is 23.3 Å². The van der Waals surface area contributed by atoms with Crippen LogP contribution in [0.5, 0.6) is 0 Å². The summed E-state index contributed by atoms with van der Waals surface area (Å²) in [6.07, 6.45) is 2.69. The van der Waals surface area contributed by atoms with Gasteiger partial charge in [0.05, 0.1) is 6.26 Å². The molecule has 4 heteroatoms. The van der Waals surface area contributed by atoms with Crippen molar-refractivity contribution >= 4 is 11.8 Å². The molecule has 0 amide bonds. The molecule has 20 heavy (non-hydrogen) atoms. The lowest BCUT2D eigenvalue weighted by atomic mass is 10.1. The highest BCUT2D eigenvalue weighted by atomic mass is 32.2. The monoisotopic (exact) mass is 289 g/mol. The molecule has 1 N–H and O–H groups in total. The quantitative estimate of drug-likeness (QED) is 0.789. The highest BCUT2D eigenvalue weighted by Crippen LogP contribution is 2.37. The standard InChI is InChI=1S/C16H19NO2S/c1-2-7-16-14(6-1)15(12-20-16)17-8-4-9-18-11-13-5-3-10-19-13/h1-3,5-7,10,15,17H,4,8-9,11-12H2. The van der Waals surface area contributed by atoms with Gasteiger partial charge in [-0.2, -0.15) is 0 Å². The van der Waals surface area contributed by atoms with Crippen LogP contribution in [0.1, 0.15) is 23.8 Å². The van der Waals surface area contributed by atoms with Gasteiger partial charge in [0.2, 0.25) is 0 Å². The van der Waals surface area contributed by atoms with Crippen LogP contribution in [-0.4, -0.2) is 18.9 Å². The molecule has 3 nitrogen and oxygen atoms in total. The molecule has 0 saturated carbocycles. The van der Waals surface area contributed by atoms with Crippen LogP contribution >= 0.6 is 11.8 Å². The topological polar surface area (TPSA) is 34.4 Å². The summed E-state index contributed by atoms with van der Waals surface area (Å²) in [4.78, 5) is 1.42. The second-order valence-corrected chi connectivity index (χ2v) is 5.90. The molecular formula is C16H19NO2S. The van der Waals surface area contributed by atoms with Crippen LogP contribution in [0, 0.1) is 0 Å². The zero-order valence-electron chi connectivity index (χ0n) is 11.4. The molecule has 2 heterocycles. The van der Waals surface area contributed by atoms with Gasteiger partial charge in [-0.25, -0.2) is 0 Å². The minimum atomic E-state index is 0.487. The Morgan fingerprint density at radius 3 is 3.10 bits per heavy atom. The summed E-state index contributed by atoms with van der Waals surface area (Å²) in [6, 6.07) is 13.0. The third-order valence-electron chi connectivity index (χ3n) is 3.38. The average molecular weight is 289 g/mol. The second kappa shape index (κ2) is 6.97. The normalized spacial score (nSPS) is 17.3. The summed E-state index contributed by atoms with van der Waals surface area (Å²) in [6.45, 7) is 2.31. The van der Waals surface area contributed by atoms with Crippen molar-refractivity contribution in [1.82, 2.24) is 5.32 Å². The van der Waals surface area contributed by atoms with Gasteiger partial charge in [0.25, 0.3) is 0 Å². The zero-order valence-corrected chi connectivity index (χ0v) is 12.2. The summed E-state index contributed by atoms with van der Waals surface area (Å²) in [5, 5.41) is 3.61. The highest BCUT2D eigenvalue weighted by molar-refractivity contribution is 7.99. The third-order valence-corrected chi connectivity index (χ3v) is 4.56. The van der Waals surface area contributed by atoms with Crippen molar-refractivity contribution < 1.29 is 9.15 Å². The van der Waals surface area contributed by atoms with Crippen LogP contribution in [0.2, 0.25) is 0 Å². The van der Waals surface area contributed by atoms with E-state index in [9.17, 15) is 0 Å². The van der Waals surface area contributed by atoms with Crippen molar-refractivity contribution in [2.45, 2.75) is 24.0 Å². The van der Waals surface area contributed by atoms with E-state index < -0.39 is 0 Å². The van der Waals surface area contributed by atoms with Gasteiger partial charge in [-0.3, -0.25) is 0 Å². The maximum atomic E-state index is 5.57. The second-order valence-electron chi connectivity index (χ2n) is 4.84. The minimum Gasteiger partial charge on any atom is -0.467 e. The van der Waals surface area contributed by atoms with Crippen molar-refractivity contribution in [3.63, 3.8) is 0 Å². The lowest BCUT2D eigenvalue weighted by molar-refractivity contribution is 0.104. The van der Waals surface area contributed by atoms with E-state index in [4.69, 9.17) is 9.15 Å². The Balaban J connectivity index is 1.33. The number of nitrogens with one attached hydrogen (secondary N) is 1. The van der Waals surface area contributed by atoms with Gasteiger partial charge in [-0.15, -0.1) is 11.8 Å². The van der Waals surface area contributed by atoms with Crippen molar-refractivity contribution in [3.05, 3.63) is 54.0 Å². The van der Waals surface area contributed by atoms with E-state index in [-0.39, 0.29) is 0 Å². The number of benzene rings is 1. The van der Waals surface area contributed by atoms with Gasteiger partial charge in [0.15, 0.2) is 0 Å². The van der Waals surface area contributed by atoms with Gasteiger partial charge in [-0.1, -0.05) is 18.2 Å². The largest absolute Gasteiger partial charge is 0.467 e. The maximum Gasteiger partial charge on any atom is 0.129 e. The molecule has 1 aliphatic rings. The van der Waals surface area contributed by atoms with Crippen LogP contribution < -0.4 is 5.32 Å². The molecular weight excluding hydrogens is 270 g/mol. The Kier molecular flexibility index (Phi) is 4.79. The summed E-state index contributed by atoms with van der Waals surface area (Å²) >= 11 is 1.94. The van der Waals surface area contributed by atoms with E-state index in [2.05, 4.69) is 29.6 Å². The first-order valence-electron chi connectivity index (χ1n) is 6.99. The average Bonchev–Trinajstić information content (AvgIpc) is 3.12. The number of rotatable bonds is 7. The highest BCUT2D eigenvalue weighted by Gasteiger charge is 2.21. The fourth-order valence-corrected chi connectivity index (χ4v) is 3.55. The van der Waals surface area contributed by atoms with E-state index in [1.807, 2.05) is 23.9 Å². The van der Waals surface area contributed by atoms with Crippen LogP contribution in [0.4, 0.5) is 0 Å². The van der Waals surface area contributed by atoms with Gasteiger partial charge >= 0.3 is 0 Å². The molecule has 1 atom stereocenters. The van der Waals surface area contributed by atoms with Gasteiger partial charge in [0.1, 0.15) is 12.4 Å². The van der Waals surface area contributed by atoms with Gasteiger partial charge in [-0.05, 0) is 36.7 Å². The Bertz CT molecular complexity index is 527. The number of hydrogen-bond acceptors (Lipinski definition) is 4. The fourth-order valence-electron chi connectivity index (χ4n) is 2.35. The van der Waals surface area contributed by atoms with Crippen LogP contribution in [0.25, 0.3) is 0 Å². The van der Waals surface area contributed by atoms with Crippen molar-refractivity contribution in [3.8, 4) is 0 Å². The Morgan fingerprint density at radius 1 is 1.25 bits per heavy atom. The third kappa shape index (κ3) is 3.45. The summed E-state index contributed by atoms with van der Waals surface area (Å²) in [5.41, 5.74) is 1.44. The van der Waals surface area contributed by atoms with Crippen molar-refractivity contribution in [2.75, 3.05) is 18.9 Å². The zero-order chi connectivity index (χ0) is 13.6. The van der Waals surface area contributed by atoms with E-state index >= 15 is 0 Å². The summed E-state index contributed by atoms with van der Waals surface area (Å²) in [5.74, 6) is 2.02.